The van der Waals surface area contributed by atoms with Crippen molar-refractivity contribution in [1.82, 2.24) is 9.29 Å². The molecule has 2 heterocycles. The second-order valence-corrected chi connectivity index (χ2v) is 11.6. The van der Waals surface area contributed by atoms with Crippen molar-refractivity contribution < 1.29 is 8.42 Å². The molecule has 1 N–H and O–H groups in total. The summed E-state index contributed by atoms with van der Waals surface area (Å²) in [5.41, 5.74) is 6.67. The first kappa shape index (κ1) is 25.3. The lowest BCUT2D eigenvalue weighted by molar-refractivity contribution is 0.281. The minimum atomic E-state index is -3.51. The van der Waals surface area contributed by atoms with Crippen molar-refractivity contribution in [3.8, 4) is 11.3 Å². The van der Waals surface area contributed by atoms with Crippen molar-refractivity contribution in [3.63, 3.8) is 0 Å². The Hall–Kier alpha value is -2.75. The molecule has 0 bridgehead atoms. The zero-order valence-electron chi connectivity index (χ0n) is 20.5. The van der Waals surface area contributed by atoms with Gasteiger partial charge in [-0.2, -0.15) is 9.41 Å². The Morgan fingerprint density at radius 1 is 1.20 bits per heavy atom. The predicted octanol–water partition coefficient (Wildman–Crippen LogP) is 5.52. The maximum Gasteiger partial charge on any atom is 0.243 e. The van der Waals surface area contributed by atoms with Gasteiger partial charge in [-0.25, -0.2) is 13.4 Å². The minimum absolute atomic E-state index is 0.317. The van der Waals surface area contributed by atoms with Gasteiger partial charge in [-0.05, 0) is 62.4 Å². The fourth-order valence-corrected chi connectivity index (χ4v) is 6.62. The molecule has 0 amide bonds. The van der Waals surface area contributed by atoms with E-state index in [1.165, 1.54) is 17.0 Å². The molecule has 1 aliphatic rings. The summed E-state index contributed by atoms with van der Waals surface area (Å²) in [5.74, 6) is 0.384. The van der Waals surface area contributed by atoms with Crippen LogP contribution in [-0.2, 0) is 10.0 Å². The molecule has 186 valence electrons. The van der Waals surface area contributed by atoms with Crippen LogP contribution in [0.5, 0.6) is 0 Å². The molecule has 0 aliphatic carbocycles. The standard InChI is InChI=1S/C26H33N5O2S2/c1-4-30(5-2)23-13-11-21(12-14-23)17-27-29-26-28-25(19-34-26)22-9-6-10-24(16-22)35(32,33)31-15-7-8-20(3)18-31/h6,9-14,16-17,19-20H,4-5,7-8,15,18H2,1-3H3,(H,28,29)/b27-17+. The number of rotatable bonds is 9. The number of aromatic nitrogens is 1. The zero-order valence-corrected chi connectivity index (χ0v) is 22.1. The predicted molar refractivity (Wildman–Crippen MR) is 146 cm³/mol. The normalized spacial score (nSPS) is 17.1. The first-order valence-corrected chi connectivity index (χ1v) is 14.4. The minimum Gasteiger partial charge on any atom is -0.372 e. The van der Waals surface area contributed by atoms with Gasteiger partial charge in [0.2, 0.25) is 15.2 Å². The van der Waals surface area contributed by atoms with Crippen molar-refractivity contribution in [3.05, 3.63) is 59.5 Å². The monoisotopic (exact) mass is 511 g/mol. The Labute approximate surface area is 212 Å². The summed E-state index contributed by atoms with van der Waals surface area (Å²) in [7, 11) is -3.51. The van der Waals surface area contributed by atoms with E-state index in [1.807, 2.05) is 23.6 Å². The molecular formula is C26H33N5O2S2. The van der Waals surface area contributed by atoms with Gasteiger partial charge in [-0.1, -0.05) is 31.2 Å². The number of hydrogen-bond donors (Lipinski definition) is 1. The van der Waals surface area contributed by atoms with Crippen LogP contribution in [-0.4, -0.2) is 50.1 Å². The van der Waals surface area contributed by atoms with E-state index < -0.39 is 10.0 Å². The Morgan fingerprint density at radius 3 is 2.69 bits per heavy atom. The number of anilines is 2. The molecule has 7 nitrogen and oxygen atoms in total. The van der Waals surface area contributed by atoms with Gasteiger partial charge in [0.1, 0.15) is 0 Å². The first-order valence-electron chi connectivity index (χ1n) is 12.1. The van der Waals surface area contributed by atoms with Crippen LogP contribution in [0.1, 0.15) is 39.2 Å². The lowest BCUT2D eigenvalue weighted by atomic mass is 10.0. The van der Waals surface area contributed by atoms with E-state index in [2.05, 4.69) is 53.3 Å². The van der Waals surface area contributed by atoms with Gasteiger partial charge >= 0.3 is 0 Å². The van der Waals surface area contributed by atoms with Gasteiger partial charge in [-0.3, -0.25) is 5.43 Å². The maximum absolute atomic E-state index is 13.2. The molecule has 2 aromatic carbocycles. The number of sulfonamides is 1. The molecule has 1 saturated heterocycles. The molecule has 1 fully saturated rings. The molecule has 1 unspecified atom stereocenters. The van der Waals surface area contributed by atoms with E-state index in [-0.39, 0.29) is 0 Å². The third-order valence-corrected chi connectivity index (χ3v) is 8.90. The summed E-state index contributed by atoms with van der Waals surface area (Å²) in [5, 5.41) is 6.87. The van der Waals surface area contributed by atoms with Crippen LogP contribution in [0.15, 0.2) is 63.9 Å². The summed E-state index contributed by atoms with van der Waals surface area (Å²) in [6.07, 6.45) is 3.74. The highest BCUT2D eigenvalue weighted by molar-refractivity contribution is 7.89. The topological polar surface area (TPSA) is 77.9 Å². The van der Waals surface area contributed by atoms with Crippen LogP contribution in [0.4, 0.5) is 10.8 Å². The maximum atomic E-state index is 13.2. The summed E-state index contributed by atoms with van der Waals surface area (Å²) >= 11 is 1.43. The average molecular weight is 512 g/mol. The molecular weight excluding hydrogens is 478 g/mol. The molecule has 4 rings (SSSR count). The van der Waals surface area contributed by atoms with Crippen LogP contribution in [0.25, 0.3) is 11.3 Å². The van der Waals surface area contributed by atoms with Gasteiger partial charge in [0.25, 0.3) is 0 Å². The van der Waals surface area contributed by atoms with E-state index >= 15 is 0 Å². The van der Waals surface area contributed by atoms with Crippen LogP contribution < -0.4 is 10.3 Å². The number of hydrogen-bond acceptors (Lipinski definition) is 7. The van der Waals surface area contributed by atoms with Crippen molar-refractivity contribution in [2.24, 2.45) is 11.0 Å². The Bertz CT molecular complexity index is 1250. The van der Waals surface area contributed by atoms with Crippen molar-refractivity contribution in [2.75, 3.05) is 36.5 Å². The van der Waals surface area contributed by atoms with E-state index in [0.29, 0.717) is 29.0 Å². The Balaban J connectivity index is 1.42. The average Bonchev–Trinajstić information content (AvgIpc) is 3.35. The second kappa shape index (κ2) is 11.3. The fourth-order valence-electron chi connectivity index (χ4n) is 4.31. The van der Waals surface area contributed by atoms with Crippen LogP contribution >= 0.6 is 11.3 Å². The summed E-state index contributed by atoms with van der Waals surface area (Å²) in [4.78, 5) is 7.21. The number of piperidine rings is 1. The molecule has 0 saturated carbocycles. The van der Waals surface area contributed by atoms with Crippen molar-refractivity contribution in [1.29, 1.82) is 0 Å². The fraction of sp³-hybridized carbons (Fsp3) is 0.385. The van der Waals surface area contributed by atoms with E-state index in [0.717, 1.165) is 42.8 Å². The molecule has 3 aromatic rings. The number of benzene rings is 2. The Kier molecular flexibility index (Phi) is 8.20. The van der Waals surface area contributed by atoms with E-state index in [1.54, 1.807) is 28.7 Å². The zero-order chi connectivity index (χ0) is 24.8. The lowest BCUT2D eigenvalue weighted by Gasteiger charge is -2.30. The van der Waals surface area contributed by atoms with Gasteiger partial charge in [-0.15, -0.1) is 11.3 Å². The van der Waals surface area contributed by atoms with Gasteiger partial charge in [0.05, 0.1) is 16.8 Å². The summed E-state index contributed by atoms with van der Waals surface area (Å²) in [6.45, 7) is 9.51. The van der Waals surface area contributed by atoms with E-state index in [9.17, 15) is 8.42 Å². The molecule has 1 aliphatic heterocycles. The van der Waals surface area contributed by atoms with Crippen molar-refractivity contribution in [2.45, 2.75) is 38.5 Å². The number of nitrogens with zero attached hydrogens (tertiary/aromatic N) is 4. The molecule has 0 radical (unpaired) electrons. The first-order chi connectivity index (χ1) is 16.9. The quantitative estimate of drug-likeness (QED) is 0.302. The molecule has 35 heavy (non-hydrogen) atoms. The smallest absolute Gasteiger partial charge is 0.243 e. The second-order valence-electron chi connectivity index (χ2n) is 8.81. The number of hydrazone groups is 1. The molecule has 1 atom stereocenters. The molecule has 9 heteroatoms. The lowest BCUT2D eigenvalue weighted by Crippen LogP contribution is -2.39. The SMILES string of the molecule is CCN(CC)c1ccc(/C=N/Nc2nc(-c3cccc(S(=O)(=O)N4CCCC(C)C4)c3)cs2)cc1. The highest BCUT2D eigenvalue weighted by atomic mass is 32.2. The summed E-state index contributed by atoms with van der Waals surface area (Å²) < 4.78 is 27.9. The van der Waals surface area contributed by atoms with Gasteiger partial charge < -0.3 is 4.90 Å². The van der Waals surface area contributed by atoms with E-state index in [4.69, 9.17) is 0 Å². The van der Waals surface area contributed by atoms with Gasteiger partial charge in [0.15, 0.2) is 0 Å². The molecule has 1 aromatic heterocycles. The summed E-state index contributed by atoms with van der Waals surface area (Å²) in [6, 6.07) is 15.3. The third-order valence-electron chi connectivity index (χ3n) is 6.29. The van der Waals surface area contributed by atoms with Crippen LogP contribution in [0.3, 0.4) is 0 Å². The van der Waals surface area contributed by atoms with Crippen LogP contribution in [0, 0.1) is 5.92 Å². The highest BCUT2D eigenvalue weighted by Crippen LogP contribution is 2.29. The number of thiazole rings is 1. The molecule has 0 spiro atoms. The Morgan fingerprint density at radius 2 is 1.97 bits per heavy atom. The van der Waals surface area contributed by atoms with Crippen molar-refractivity contribution >= 4 is 38.4 Å². The highest BCUT2D eigenvalue weighted by Gasteiger charge is 2.28. The largest absolute Gasteiger partial charge is 0.372 e. The number of nitrogens with one attached hydrogen (secondary N) is 1. The van der Waals surface area contributed by atoms with Gasteiger partial charge in [0, 0.05) is 42.8 Å². The van der Waals surface area contributed by atoms with Crippen LogP contribution in [0.2, 0.25) is 0 Å². The third kappa shape index (κ3) is 6.09.